The van der Waals surface area contributed by atoms with Gasteiger partial charge in [0.2, 0.25) is 0 Å². The largest absolute Gasteiger partial charge is 0.459 e. The summed E-state index contributed by atoms with van der Waals surface area (Å²) in [5.74, 6) is 1.09. The van der Waals surface area contributed by atoms with E-state index in [1.807, 2.05) is 17.9 Å². The number of carbonyl (C=O) groups excluding carboxylic acids is 1. The molecule has 0 radical (unpaired) electrons. The van der Waals surface area contributed by atoms with Crippen molar-refractivity contribution in [2.45, 2.75) is 39.7 Å². The van der Waals surface area contributed by atoms with Gasteiger partial charge in [0.1, 0.15) is 0 Å². The van der Waals surface area contributed by atoms with Crippen molar-refractivity contribution >= 4 is 5.91 Å². The number of furan rings is 1. The van der Waals surface area contributed by atoms with Gasteiger partial charge >= 0.3 is 0 Å². The Bertz CT molecular complexity index is 426. The van der Waals surface area contributed by atoms with Crippen molar-refractivity contribution in [1.29, 1.82) is 0 Å². The van der Waals surface area contributed by atoms with Gasteiger partial charge in [0.05, 0.1) is 6.26 Å². The predicted octanol–water partition coefficient (Wildman–Crippen LogP) is 2.44. The molecule has 1 amide bonds. The zero-order valence-electron chi connectivity index (χ0n) is 12.1. The van der Waals surface area contributed by atoms with Crippen molar-refractivity contribution in [1.82, 2.24) is 10.2 Å². The second-order valence-corrected chi connectivity index (χ2v) is 5.76. The molecule has 0 saturated carbocycles. The van der Waals surface area contributed by atoms with Gasteiger partial charge in [-0.15, -0.1) is 0 Å². The van der Waals surface area contributed by atoms with Crippen LogP contribution in [-0.4, -0.2) is 36.5 Å². The predicted molar refractivity (Wildman–Crippen MR) is 75.2 cm³/mol. The first-order valence-electron chi connectivity index (χ1n) is 7.14. The monoisotopic (exact) mass is 264 g/mol. The van der Waals surface area contributed by atoms with E-state index in [1.54, 1.807) is 6.26 Å². The molecular formula is C15H24N2O2. The first-order chi connectivity index (χ1) is 9.08. The Labute approximate surface area is 115 Å². The summed E-state index contributed by atoms with van der Waals surface area (Å²) in [6.45, 7) is 8.88. The maximum Gasteiger partial charge on any atom is 0.289 e. The van der Waals surface area contributed by atoms with Crippen LogP contribution in [0.2, 0.25) is 0 Å². The van der Waals surface area contributed by atoms with Gasteiger partial charge in [0, 0.05) is 24.7 Å². The van der Waals surface area contributed by atoms with E-state index >= 15 is 0 Å². The molecule has 1 saturated heterocycles. The van der Waals surface area contributed by atoms with E-state index in [0.29, 0.717) is 17.7 Å². The van der Waals surface area contributed by atoms with Gasteiger partial charge < -0.3 is 14.6 Å². The average Bonchev–Trinajstić information content (AvgIpc) is 2.82. The van der Waals surface area contributed by atoms with Crippen LogP contribution in [0.4, 0.5) is 0 Å². The van der Waals surface area contributed by atoms with E-state index in [9.17, 15) is 4.79 Å². The summed E-state index contributed by atoms with van der Waals surface area (Å²) in [5, 5.41) is 3.46. The van der Waals surface area contributed by atoms with Crippen molar-refractivity contribution in [3.63, 3.8) is 0 Å². The first-order valence-corrected chi connectivity index (χ1v) is 7.14. The summed E-state index contributed by atoms with van der Waals surface area (Å²) in [4.78, 5) is 14.3. The van der Waals surface area contributed by atoms with Crippen molar-refractivity contribution in [3.8, 4) is 0 Å². The van der Waals surface area contributed by atoms with Crippen LogP contribution < -0.4 is 5.32 Å². The van der Waals surface area contributed by atoms with Crippen molar-refractivity contribution < 1.29 is 9.21 Å². The highest BCUT2D eigenvalue weighted by Crippen LogP contribution is 2.20. The van der Waals surface area contributed by atoms with Crippen LogP contribution in [0, 0.1) is 12.8 Å². The summed E-state index contributed by atoms with van der Waals surface area (Å²) in [5.41, 5.74) is 0.924. The lowest BCUT2D eigenvalue weighted by Gasteiger charge is -2.33. The third kappa shape index (κ3) is 3.60. The third-order valence-corrected chi connectivity index (χ3v) is 3.68. The Balaban J connectivity index is 1.94. The maximum atomic E-state index is 12.4. The van der Waals surface area contributed by atoms with Gasteiger partial charge in [0.25, 0.3) is 5.91 Å². The maximum absolute atomic E-state index is 12.4. The molecule has 0 spiro atoms. The molecule has 19 heavy (non-hydrogen) atoms. The molecule has 106 valence electrons. The summed E-state index contributed by atoms with van der Waals surface area (Å²) in [6, 6.07) is 2.34. The number of nitrogens with zero attached hydrogens (tertiary/aromatic N) is 1. The molecule has 1 aliphatic heterocycles. The van der Waals surface area contributed by atoms with Gasteiger partial charge in [0.15, 0.2) is 5.76 Å². The van der Waals surface area contributed by atoms with Crippen LogP contribution in [0.3, 0.4) is 0 Å². The van der Waals surface area contributed by atoms with Crippen molar-refractivity contribution in [2.24, 2.45) is 5.92 Å². The van der Waals surface area contributed by atoms with Gasteiger partial charge in [-0.1, -0.05) is 13.8 Å². The molecule has 4 nitrogen and oxygen atoms in total. The van der Waals surface area contributed by atoms with Crippen LogP contribution in [0.5, 0.6) is 0 Å². The van der Waals surface area contributed by atoms with Gasteiger partial charge in [-0.2, -0.15) is 0 Å². The molecule has 2 heterocycles. The van der Waals surface area contributed by atoms with E-state index in [1.165, 1.54) is 6.42 Å². The molecule has 0 aromatic carbocycles. The number of hydrogen-bond donors (Lipinski definition) is 1. The normalized spacial score (nSPS) is 20.0. The third-order valence-electron chi connectivity index (χ3n) is 3.68. The lowest BCUT2D eigenvalue weighted by molar-refractivity contribution is 0.0639. The lowest BCUT2D eigenvalue weighted by atomic mass is 9.97. The molecular weight excluding hydrogens is 240 g/mol. The molecule has 0 bridgehead atoms. The van der Waals surface area contributed by atoms with Crippen LogP contribution in [0.1, 0.15) is 42.8 Å². The highest BCUT2D eigenvalue weighted by atomic mass is 16.3. The molecule has 1 aromatic heterocycles. The number of aryl methyl sites for hydroxylation is 1. The molecule has 1 N–H and O–H groups in total. The summed E-state index contributed by atoms with van der Waals surface area (Å²) in [7, 11) is 0. The van der Waals surface area contributed by atoms with Crippen molar-refractivity contribution in [3.05, 3.63) is 23.7 Å². The second kappa shape index (κ2) is 6.24. The van der Waals surface area contributed by atoms with Gasteiger partial charge in [-0.25, -0.2) is 0 Å². The average molecular weight is 264 g/mol. The molecule has 1 unspecified atom stereocenters. The zero-order valence-corrected chi connectivity index (χ0v) is 12.1. The van der Waals surface area contributed by atoms with Gasteiger partial charge in [-0.3, -0.25) is 4.79 Å². The standard InChI is InChI=1S/C15H24N2O2/c1-11(2)16-9-13-5-4-7-17(10-13)15(18)14-12(3)6-8-19-14/h6,8,11,13,16H,4-5,7,9-10H2,1-3H3. The van der Waals surface area contributed by atoms with Crippen molar-refractivity contribution in [2.75, 3.05) is 19.6 Å². The summed E-state index contributed by atoms with van der Waals surface area (Å²) >= 11 is 0. The molecule has 1 fully saturated rings. The molecule has 1 atom stereocenters. The first kappa shape index (κ1) is 14.1. The number of nitrogens with one attached hydrogen (secondary N) is 1. The fourth-order valence-electron chi connectivity index (χ4n) is 2.55. The smallest absolute Gasteiger partial charge is 0.289 e. The van der Waals surface area contributed by atoms with E-state index in [-0.39, 0.29) is 5.91 Å². The Morgan fingerprint density at radius 3 is 3.00 bits per heavy atom. The Morgan fingerprint density at radius 2 is 2.37 bits per heavy atom. The fraction of sp³-hybridized carbons (Fsp3) is 0.667. The quantitative estimate of drug-likeness (QED) is 0.908. The van der Waals surface area contributed by atoms with E-state index in [0.717, 1.165) is 31.6 Å². The second-order valence-electron chi connectivity index (χ2n) is 5.76. The van der Waals surface area contributed by atoms with Crippen LogP contribution in [0.25, 0.3) is 0 Å². The molecule has 1 aromatic rings. The minimum absolute atomic E-state index is 0.0387. The Kier molecular flexibility index (Phi) is 4.64. The van der Waals surface area contributed by atoms with E-state index in [4.69, 9.17) is 4.42 Å². The molecule has 4 heteroatoms. The van der Waals surface area contributed by atoms with Crippen LogP contribution in [-0.2, 0) is 0 Å². The summed E-state index contributed by atoms with van der Waals surface area (Å²) in [6.07, 6.45) is 3.86. The molecule has 1 aliphatic rings. The van der Waals surface area contributed by atoms with Crippen LogP contribution in [0.15, 0.2) is 16.7 Å². The van der Waals surface area contributed by atoms with E-state index < -0.39 is 0 Å². The highest BCUT2D eigenvalue weighted by molar-refractivity contribution is 5.92. The van der Waals surface area contributed by atoms with Crippen LogP contribution >= 0.6 is 0 Å². The molecule has 2 rings (SSSR count). The van der Waals surface area contributed by atoms with E-state index in [2.05, 4.69) is 19.2 Å². The number of rotatable bonds is 4. The number of hydrogen-bond acceptors (Lipinski definition) is 3. The Hall–Kier alpha value is -1.29. The van der Waals surface area contributed by atoms with Gasteiger partial charge in [-0.05, 0) is 38.3 Å². The SMILES string of the molecule is Cc1ccoc1C(=O)N1CCCC(CNC(C)C)C1. The lowest BCUT2D eigenvalue weighted by Crippen LogP contribution is -2.43. The zero-order chi connectivity index (χ0) is 13.8. The topological polar surface area (TPSA) is 45.5 Å². The minimum atomic E-state index is 0.0387. The highest BCUT2D eigenvalue weighted by Gasteiger charge is 2.26. The number of amides is 1. The number of carbonyl (C=O) groups is 1. The molecule has 0 aliphatic carbocycles. The fourth-order valence-corrected chi connectivity index (χ4v) is 2.55. The minimum Gasteiger partial charge on any atom is -0.459 e. The number of likely N-dealkylation sites (tertiary alicyclic amines) is 1. The number of piperidine rings is 1. The summed E-state index contributed by atoms with van der Waals surface area (Å²) < 4.78 is 5.31. The Morgan fingerprint density at radius 1 is 1.58 bits per heavy atom.